The van der Waals surface area contributed by atoms with Crippen LogP contribution in [0.3, 0.4) is 0 Å². The molecular weight excluding hydrogens is 360 g/mol. The second-order valence-corrected chi connectivity index (χ2v) is 7.59. The molecule has 6 nitrogen and oxygen atoms in total. The normalized spacial score (nSPS) is 13.7. The highest BCUT2D eigenvalue weighted by Gasteiger charge is 2.16. The smallest absolute Gasteiger partial charge is 0.255 e. The van der Waals surface area contributed by atoms with Crippen LogP contribution in [0, 0.1) is 0 Å². The Morgan fingerprint density at radius 2 is 1.70 bits per heavy atom. The number of nitrogens with zero attached hydrogens (tertiary/aromatic N) is 2. The Hall–Kier alpha value is -2.93. The van der Waals surface area contributed by atoms with Gasteiger partial charge in [-0.15, -0.1) is 0 Å². The van der Waals surface area contributed by atoms with Gasteiger partial charge in [0.1, 0.15) is 0 Å². The Balaban J connectivity index is 1.48. The lowest BCUT2D eigenvalue weighted by atomic mass is 10.2. The number of aromatic nitrogens is 1. The van der Waals surface area contributed by atoms with E-state index in [9.17, 15) is 9.59 Å². The average molecular weight is 380 g/mol. The van der Waals surface area contributed by atoms with Crippen molar-refractivity contribution in [3.63, 3.8) is 0 Å². The van der Waals surface area contributed by atoms with Gasteiger partial charge in [-0.3, -0.25) is 9.59 Å². The first kappa shape index (κ1) is 17.5. The third-order valence-electron chi connectivity index (χ3n) is 4.48. The van der Waals surface area contributed by atoms with E-state index in [0.29, 0.717) is 11.3 Å². The first-order valence-electron chi connectivity index (χ1n) is 8.93. The zero-order chi connectivity index (χ0) is 18.8. The van der Waals surface area contributed by atoms with Crippen molar-refractivity contribution in [3.05, 3.63) is 48.0 Å². The maximum absolute atomic E-state index is 12.5. The molecule has 1 fully saturated rings. The van der Waals surface area contributed by atoms with Crippen molar-refractivity contribution in [2.75, 3.05) is 28.6 Å². The van der Waals surface area contributed by atoms with Gasteiger partial charge in [0.2, 0.25) is 5.91 Å². The minimum atomic E-state index is -0.187. The molecule has 0 aliphatic carbocycles. The van der Waals surface area contributed by atoms with E-state index in [-0.39, 0.29) is 11.8 Å². The third kappa shape index (κ3) is 3.93. The first-order valence-corrected chi connectivity index (χ1v) is 9.75. The van der Waals surface area contributed by atoms with Gasteiger partial charge in [0.15, 0.2) is 5.13 Å². The van der Waals surface area contributed by atoms with Crippen LogP contribution < -0.4 is 15.5 Å². The summed E-state index contributed by atoms with van der Waals surface area (Å²) >= 11 is 1.66. The van der Waals surface area contributed by atoms with E-state index in [1.165, 1.54) is 19.8 Å². The molecule has 0 bridgehead atoms. The highest BCUT2D eigenvalue weighted by Crippen LogP contribution is 2.32. The lowest BCUT2D eigenvalue weighted by Gasteiger charge is -2.11. The van der Waals surface area contributed by atoms with E-state index in [4.69, 9.17) is 4.98 Å². The van der Waals surface area contributed by atoms with Crippen molar-refractivity contribution in [1.82, 2.24) is 4.98 Å². The highest BCUT2D eigenvalue weighted by molar-refractivity contribution is 7.22. The summed E-state index contributed by atoms with van der Waals surface area (Å²) in [5, 5.41) is 6.67. The summed E-state index contributed by atoms with van der Waals surface area (Å²) in [7, 11) is 0. The minimum absolute atomic E-state index is 0.140. The summed E-state index contributed by atoms with van der Waals surface area (Å²) in [6.07, 6.45) is 2.44. The number of hydrogen-bond acceptors (Lipinski definition) is 5. The van der Waals surface area contributed by atoms with E-state index in [1.54, 1.807) is 35.6 Å². The lowest BCUT2D eigenvalue weighted by Crippen LogP contribution is -2.16. The fraction of sp³-hybridized carbons (Fsp3) is 0.250. The Morgan fingerprint density at radius 3 is 2.41 bits per heavy atom. The quantitative estimate of drug-likeness (QED) is 0.714. The van der Waals surface area contributed by atoms with Crippen LogP contribution in [-0.4, -0.2) is 29.9 Å². The van der Waals surface area contributed by atoms with E-state index in [2.05, 4.69) is 15.5 Å². The molecule has 4 rings (SSSR count). The number of benzene rings is 2. The third-order valence-corrected chi connectivity index (χ3v) is 5.56. The minimum Gasteiger partial charge on any atom is -0.348 e. The maximum atomic E-state index is 12.5. The number of hydrogen-bond donors (Lipinski definition) is 2. The molecule has 0 saturated carbocycles. The van der Waals surface area contributed by atoms with E-state index >= 15 is 0 Å². The van der Waals surface area contributed by atoms with Gasteiger partial charge in [-0.1, -0.05) is 11.3 Å². The second-order valence-electron chi connectivity index (χ2n) is 6.59. The Kier molecular flexibility index (Phi) is 4.77. The van der Waals surface area contributed by atoms with Crippen LogP contribution in [0.4, 0.5) is 16.5 Å². The van der Waals surface area contributed by atoms with Gasteiger partial charge in [0, 0.05) is 37.0 Å². The predicted molar refractivity (Wildman–Crippen MR) is 110 cm³/mol. The fourth-order valence-corrected chi connectivity index (χ4v) is 4.20. The number of amides is 2. The Labute approximate surface area is 161 Å². The largest absolute Gasteiger partial charge is 0.348 e. The monoisotopic (exact) mass is 380 g/mol. The van der Waals surface area contributed by atoms with Crippen molar-refractivity contribution < 1.29 is 9.59 Å². The predicted octanol–water partition coefficient (Wildman–Crippen LogP) is 4.11. The lowest BCUT2D eigenvalue weighted by molar-refractivity contribution is -0.114. The molecule has 2 aromatic carbocycles. The van der Waals surface area contributed by atoms with Crippen LogP contribution in [-0.2, 0) is 4.79 Å². The van der Waals surface area contributed by atoms with Crippen molar-refractivity contribution in [2.24, 2.45) is 0 Å². The molecule has 7 heteroatoms. The molecule has 1 saturated heterocycles. The second kappa shape index (κ2) is 7.36. The number of carbonyl (C=O) groups excluding carboxylic acids is 2. The van der Waals surface area contributed by atoms with E-state index in [1.807, 2.05) is 18.2 Å². The van der Waals surface area contributed by atoms with Gasteiger partial charge in [0.25, 0.3) is 5.91 Å². The van der Waals surface area contributed by atoms with Gasteiger partial charge < -0.3 is 15.5 Å². The average Bonchev–Trinajstić information content (AvgIpc) is 3.31. The number of anilines is 3. The number of rotatable bonds is 4. The van der Waals surface area contributed by atoms with Crippen LogP contribution in [0.25, 0.3) is 10.2 Å². The molecule has 0 radical (unpaired) electrons. The zero-order valence-electron chi connectivity index (χ0n) is 15.0. The molecular formula is C20H20N4O2S. The summed E-state index contributed by atoms with van der Waals surface area (Å²) in [4.78, 5) is 30.6. The van der Waals surface area contributed by atoms with Crippen LogP contribution in [0.15, 0.2) is 42.5 Å². The van der Waals surface area contributed by atoms with Crippen molar-refractivity contribution in [2.45, 2.75) is 19.8 Å². The van der Waals surface area contributed by atoms with Crippen LogP contribution in [0.1, 0.15) is 30.1 Å². The summed E-state index contributed by atoms with van der Waals surface area (Å²) in [6, 6.07) is 12.6. The number of fused-ring (bicyclic) bond motifs is 1. The van der Waals surface area contributed by atoms with Gasteiger partial charge in [-0.05, 0) is 55.3 Å². The molecule has 1 aromatic heterocycles. The van der Waals surface area contributed by atoms with E-state index in [0.717, 1.165) is 34.1 Å². The van der Waals surface area contributed by atoms with Crippen LogP contribution in [0.2, 0.25) is 0 Å². The van der Waals surface area contributed by atoms with Crippen molar-refractivity contribution in [1.29, 1.82) is 0 Å². The molecule has 27 heavy (non-hydrogen) atoms. The number of carbonyl (C=O) groups is 2. The molecule has 2 N–H and O–H groups in total. The summed E-state index contributed by atoms with van der Waals surface area (Å²) in [5.41, 5.74) is 2.90. The number of nitrogens with one attached hydrogen (secondary N) is 2. The molecule has 0 unspecified atom stereocenters. The summed E-state index contributed by atoms with van der Waals surface area (Å²) < 4.78 is 1.07. The maximum Gasteiger partial charge on any atom is 0.255 e. The van der Waals surface area contributed by atoms with Gasteiger partial charge >= 0.3 is 0 Å². The summed E-state index contributed by atoms with van der Waals surface area (Å²) in [6.45, 7) is 3.58. The van der Waals surface area contributed by atoms with Gasteiger partial charge in [-0.25, -0.2) is 4.98 Å². The highest BCUT2D eigenvalue weighted by atomic mass is 32.1. The zero-order valence-corrected chi connectivity index (χ0v) is 15.8. The molecule has 1 aliphatic rings. The van der Waals surface area contributed by atoms with Crippen molar-refractivity contribution in [3.8, 4) is 0 Å². The van der Waals surface area contributed by atoms with Gasteiger partial charge in [0.05, 0.1) is 10.2 Å². The van der Waals surface area contributed by atoms with E-state index < -0.39 is 0 Å². The standard InChI is InChI=1S/C20H20N4O2S/c1-13(25)21-15-6-4-14(5-7-15)19(26)22-16-8-9-17-18(12-16)27-20(23-17)24-10-2-3-11-24/h4-9,12H,2-3,10-11H2,1H3,(H,21,25)(H,22,26). The molecule has 2 heterocycles. The molecule has 1 aliphatic heterocycles. The molecule has 3 aromatic rings. The topological polar surface area (TPSA) is 74.3 Å². The Morgan fingerprint density at radius 1 is 1.00 bits per heavy atom. The fourth-order valence-electron chi connectivity index (χ4n) is 3.15. The molecule has 0 spiro atoms. The first-order chi connectivity index (χ1) is 13.1. The molecule has 138 valence electrons. The Bertz CT molecular complexity index is 991. The van der Waals surface area contributed by atoms with Crippen LogP contribution in [0.5, 0.6) is 0 Å². The summed E-state index contributed by atoms with van der Waals surface area (Å²) in [5.74, 6) is -0.327. The molecule has 0 atom stereocenters. The molecule has 2 amide bonds. The van der Waals surface area contributed by atoms with Crippen LogP contribution >= 0.6 is 11.3 Å². The van der Waals surface area contributed by atoms with Crippen molar-refractivity contribution >= 4 is 49.9 Å². The number of thiazole rings is 1. The van der Waals surface area contributed by atoms with Gasteiger partial charge in [-0.2, -0.15) is 0 Å². The SMILES string of the molecule is CC(=O)Nc1ccc(C(=O)Nc2ccc3nc(N4CCCC4)sc3c2)cc1.